The molecule has 0 aliphatic carbocycles. The first-order chi connectivity index (χ1) is 53.0. The molecule has 50 nitrogen and oxygen atoms in total. The number of carbonyl (C=O) groups excluding carboxylic acids is 4. The summed E-state index contributed by atoms with van der Waals surface area (Å²) >= 11 is 0. The number of aliphatic hydroxyl groups excluding tert-OH is 25. The lowest BCUT2D eigenvalue weighted by Gasteiger charge is -2.51. The van der Waals surface area contributed by atoms with Crippen LogP contribution in [0.4, 0.5) is 0 Å². The van der Waals surface area contributed by atoms with Gasteiger partial charge >= 0.3 is 0 Å². The highest BCUT2D eigenvalue weighted by molar-refractivity contribution is 5.74. The van der Waals surface area contributed by atoms with E-state index in [0.29, 0.717) is 0 Å². The van der Waals surface area contributed by atoms with Crippen LogP contribution in [0.25, 0.3) is 0 Å². The van der Waals surface area contributed by atoms with E-state index >= 15 is 0 Å². The molecule has 0 aromatic rings. The zero-order valence-corrected chi connectivity index (χ0v) is 60.1. The molecule has 29 N–H and O–H groups in total. The predicted octanol–water partition coefficient (Wildman–Crippen LogP) is -20.1. The van der Waals surface area contributed by atoms with Crippen LogP contribution in [0.15, 0.2) is 0 Å². The van der Waals surface area contributed by atoms with E-state index in [-0.39, 0.29) is 0 Å². The zero-order chi connectivity index (χ0) is 82.5. The van der Waals surface area contributed by atoms with Crippen molar-refractivity contribution >= 4 is 23.6 Å². The van der Waals surface area contributed by atoms with Crippen molar-refractivity contribution in [1.82, 2.24) is 21.3 Å². The number of nitrogens with one attached hydrogen (secondary N) is 4. The summed E-state index contributed by atoms with van der Waals surface area (Å²) in [6.07, 6.45) is -85.6. The van der Waals surface area contributed by atoms with Gasteiger partial charge in [-0.25, -0.2) is 0 Å². The number of rotatable bonds is 29. The molecule has 0 aromatic carbocycles. The third kappa shape index (κ3) is 20.2. The van der Waals surface area contributed by atoms with Gasteiger partial charge in [0.25, 0.3) is 0 Å². The van der Waals surface area contributed by atoms with Gasteiger partial charge in [-0.2, -0.15) is 0 Å². The van der Waals surface area contributed by atoms with Crippen LogP contribution in [0.1, 0.15) is 27.7 Å². The zero-order valence-electron chi connectivity index (χ0n) is 60.1. The molecule has 0 saturated carbocycles. The van der Waals surface area contributed by atoms with Gasteiger partial charge in [0.05, 0.1) is 59.5 Å². The summed E-state index contributed by atoms with van der Waals surface area (Å²) in [4.78, 5) is 51.1. The fourth-order valence-electron chi connectivity index (χ4n) is 14.4. The van der Waals surface area contributed by atoms with Gasteiger partial charge in [0, 0.05) is 27.7 Å². The molecule has 9 heterocycles. The SMILES string of the molecule is CC(=O)N[C@H]1[C@H](O[C@H]2[C@H](O)[C@@H](NC(C)=O)C(O)O[C@@H]2CO)O[C@H](CO)[C@@H](O[C@@H]2O[C@H](CO[C@H]3O[C@H](CO)[C@@H](O)[C@H](O)[C@@H]3O[C@@H]3O[C@H](CO)[C@@H](O[C@@H]4O[C@H](CO)[C@H](O)[C@H](O)[C@H]4O)[C@H](O)[C@H]3NC(C)=O)[C@@H](O)[C@H](O[C@H]3O[C@H](CO)[C@@H](O)[C@H](O)[C@@H]3O[C@@H]3O[C@H](CO)[C@@H](O)[C@H](O[C@@H]4O[C@H](CO)[C@H](O)[C@H](O)[C@H]4O)[C@H]3NC(C)=O)[C@@H]2O)[C@@H]1O. The highest BCUT2D eigenvalue weighted by Gasteiger charge is 2.61. The van der Waals surface area contributed by atoms with Crippen LogP contribution in [0, 0.1) is 0 Å². The second-order valence-electron chi connectivity index (χ2n) is 28.2. The van der Waals surface area contributed by atoms with Crippen molar-refractivity contribution in [1.29, 1.82) is 0 Å². The number of carbonyl (C=O) groups is 4. The molecular formula is C62H104N4O46. The van der Waals surface area contributed by atoms with Crippen molar-refractivity contribution < 1.29 is 227 Å². The fraction of sp³-hybridized carbons (Fsp3) is 0.935. The minimum Gasteiger partial charge on any atom is -0.394 e. The monoisotopic (exact) mass is 1640 g/mol. The van der Waals surface area contributed by atoms with Crippen LogP contribution in [0.5, 0.6) is 0 Å². The topological polar surface area (TPSA) is 779 Å². The molecule has 9 aliphatic rings. The second kappa shape index (κ2) is 40.3. The Morgan fingerprint density at radius 2 is 0.500 bits per heavy atom. The van der Waals surface area contributed by atoms with Gasteiger partial charge < -0.3 is 229 Å². The van der Waals surface area contributed by atoms with E-state index in [1.807, 2.05) is 0 Å². The third-order valence-electron chi connectivity index (χ3n) is 20.4. The number of hydrogen-bond donors (Lipinski definition) is 29. The summed E-state index contributed by atoms with van der Waals surface area (Å²) in [5.41, 5.74) is 0. The summed E-state index contributed by atoms with van der Waals surface area (Å²) < 4.78 is 101. The van der Waals surface area contributed by atoms with Crippen LogP contribution in [-0.4, -0.2) is 487 Å². The minimum absolute atomic E-state index is 0.789. The molecule has 50 heteroatoms. The summed E-state index contributed by atoms with van der Waals surface area (Å²) in [6, 6.07) is -7.43. The maximum atomic E-state index is 13.1. The molecule has 0 aromatic heterocycles. The van der Waals surface area contributed by atoms with E-state index in [1.165, 1.54) is 0 Å². The van der Waals surface area contributed by atoms with Crippen LogP contribution in [0.2, 0.25) is 0 Å². The molecule has 9 fully saturated rings. The lowest BCUT2D eigenvalue weighted by Crippen LogP contribution is -2.71. The van der Waals surface area contributed by atoms with E-state index < -0.39 is 359 Å². The molecule has 45 atom stereocenters. The van der Waals surface area contributed by atoms with Gasteiger partial charge in [0.2, 0.25) is 23.6 Å². The summed E-state index contributed by atoms with van der Waals surface area (Å²) in [6.45, 7) is -6.06. The van der Waals surface area contributed by atoms with Gasteiger partial charge in [-0.1, -0.05) is 0 Å². The molecule has 0 radical (unpaired) electrons. The Labute approximate surface area is 634 Å². The maximum absolute atomic E-state index is 13.1. The Bertz CT molecular complexity index is 2970. The molecule has 9 saturated heterocycles. The number of hydrogen-bond acceptors (Lipinski definition) is 46. The average molecular weight is 1640 g/mol. The standard InChI is InChI=1S/C62H104N4O46/c1-14(75)63-27-37(85)47(23(10-72)97-54(27)95)106-55-28(64-15(2)76)38(86)49(25(12-74)103-55)108-60-46(94)51(110-62-53(43(91)34(82)21(8-70)102-62)112-57-30(66-17(4)78)50(35(83)22(9-71)98-57)109-59-45(93)41(89)32(80)19(6-68)100-59)36(84)26(105-60)13-96-61-52(42(90)33(81)20(7-69)101-61)111-56-29(65-16(3)77)39(87)48(24(11-73)104-56)107-58-44(92)40(88)31(79)18(5-67)99-58/h18-62,67-74,79-95H,5-13H2,1-4H3,(H,63,75)(H,64,76)(H,65,77)(H,66,78)/t18-,19-,20-,21-,22-,23-,24-,25-,26-,27-,28-,29-,30-,31+,32+,33-,34-,35-,36-,37-,38-,39-,40+,41+,42+,43+,44-,45-,46+,47-,48-,49-,50-,51+,52+,53+,54?,55+,56+,57+,58+,59+,60+,61+,62-/m1/s1. The first kappa shape index (κ1) is 92.1. The van der Waals surface area contributed by atoms with Crippen LogP contribution in [0.3, 0.4) is 0 Å². The quantitative estimate of drug-likeness (QED) is 0.0331. The molecule has 9 rings (SSSR count). The van der Waals surface area contributed by atoms with Crippen molar-refractivity contribution in [3.8, 4) is 0 Å². The van der Waals surface area contributed by atoms with Crippen LogP contribution >= 0.6 is 0 Å². The fourth-order valence-corrected chi connectivity index (χ4v) is 14.4. The molecule has 112 heavy (non-hydrogen) atoms. The van der Waals surface area contributed by atoms with Gasteiger partial charge in [0.1, 0.15) is 219 Å². The number of amides is 4. The van der Waals surface area contributed by atoms with E-state index in [4.69, 9.17) is 80.5 Å². The van der Waals surface area contributed by atoms with E-state index in [9.17, 15) is 147 Å². The van der Waals surface area contributed by atoms with E-state index in [0.717, 1.165) is 27.7 Å². The molecule has 1 unspecified atom stereocenters. The van der Waals surface area contributed by atoms with Crippen molar-refractivity contribution in [2.24, 2.45) is 0 Å². The molecule has 648 valence electrons. The highest BCUT2D eigenvalue weighted by atomic mass is 16.8. The highest BCUT2D eigenvalue weighted by Crippen LogP contribution is 2.40. The molecule has 0 bridgehead atoms. The molecule has 4 amide bonds. The molecule has 9 aliphatic heterocycles. The summed E-state index contributed by atoms with van der Waals surface area (Å²) in [5, 5.41) is 287. The van der Waals surface area contributed by atoms with Crippen molar-refractivity contribution in [2.75, 3.05) is 59.5 Å². The van der Waals surface area contributed by atoms with Crippen LogP contribution in [-0.2, 0) is 99.7 Å². The smallest absolute Gasteiger partial charge is 0.217 e. The molecular weight excluding hydrogens is 1540 g/mol. The van der Waals surface area contributed by atoms with Crippen LogP contribution < -0.4 is 21.3 Å². The maximum Gasteiger partial charge on any atom is 0.217 e. The van der Waals surface area contributed by atoms with Gasteiger partial charge in [-0.15, -0.1) is 0 Å². The molecule has 0 spiro atoms. The largest absolute Gasteiger partial charge is 0.394 e. The minimum atomic E-state index is -2.58. The number of ether oxygens (including phenoxy) is 17. The van der Waals surface area contributed by atoms with E-state index in [2.05, 4.69) is 21.3 Å². The average Bonchev–Trinajstić information content (AvgIpc) is 0.773. The first-order valence-electron chi connectivity index (χ1n) is 35.6. The second-order valence-corrected chi connectivity index (χ2v) is 28.2. The first-order valence-corrected chi connectivity index (χ1v) is 35.6. The lowest BCUT2D eigenvalue weighted by molar-refractivity contribution is -0.399. The summed E-state index contributed by atoms with van der Waals surface area (Å²) in [7, 11) is 0. The lowest BCUT2D eigenvalue weighted by atomic mass is 9.93. The van der Waals surface area contributed by atoms with Crippen molar-refractivity contribution in [3.05, 3.63) is 0 Å². The Hall–Kier alpha value is -3.80. The number of aliphatic hydroxyl groups is 25. The Balaban J connectivity index is 1.06. The normalized spacial score (nSPS) is 48.9. The third-order valence-corrected chi connectivity index (χ3v) is 20.4. The van der Waals surface area contributed by atoms with Crippen molar-refractivity contribution in [2.45, 2.75) is 304 Å². The summed E-state index contributed by atoms with van der Waals surface area (Å²) in [5.74, 6) is -3.63. The van der Waals surface area contributed by atoms with Crippen molar-refractivity contribution in [3.63, 3.8) is 0 Å². The van der Waals surface area contributed by atoms with E-state index in [1.54, 1.807) is 0 Å². The van der Waals surface area contributed by atoms with Gasteiger partial charge in [-0.3, -0.25) is 19.2 Å². The predicted molar refractivity (Wildman–Crippen MR) is 343 cm³/mol. The van der Waals surface area contributed by atoms with Gasteiger partial charge in [-0.05, 0) is 0 Å². The Morgan fingerprint density at radius 1 is 0.232 bits per heavy atom. The van der Waals surface area contributed by atoms with Gasteiger partial charge in [0.15, 0.2) is 56.6 Å². The Kier molecular flexibility index (Phi) is 33.1. The Morgan fingerprint density at radius 3 is 0.920 bits per heavy atom.